The van der Waals surface area contributed by atoms with Gasteiger partial charge >= 0.3 is 0 Å². The molecule has 0 radical (unpaired) electrons. The van der Waals surface area contributed by atoms with E-state index >= 15 is 0 Å². The highest BCUT2D eigenvalue weighted by Crippen LogP contribution is 2.14. The zero-order chi connectivity index (χ0) is 16.7. The fourth-order valence-electron chi connectivity index (χ4n) is 2.00. The van der Waals surface area contributed by atoms with Crippen LogP contribution in [0, 0.1) is 0 Å². The van der Waals surface area contributed by atoms with Gasteiger partial charge in [-0.3, -0.25) is 4.99 Å². The second-order valence-electron chi connectivity index (χ2n) is 5.32. The van der Waals surface area contributed by atoms with E-state index in [2.05, 4.69) is 39.6 Å². The predicted molar refractivity (Wildman–Crippen MR) is 104 cm³/mol. The number of aliphatic imine (C=N–C) groups is 1. The van der Waals surface area contributed by atoms with Gasteiger partial charge in [0.1, 0.15) is 0 Å². The second-order valence-corrected chi connectivity index (χ2v) is 5.32. The molecule has 2 rings (SSSR count). The molecule has 24 heavy (non-hydrogen) atoms. The molecule has 0 saturated heterocycles. The van der Waals surface area contributed by atoms with Crippen LogP contribution in [0.15, 0.2) is 33.9 Å². The average Bonchev–Trinajstić information content (AvgIpc) is 3.04. The van der Waals surface area contributed by atoms with Crippen molar-refractivity contribution in [3.63, 3.8) is 0 Å². The van der Waals surface area contributed by atoms with Crippen LogP contribution in [0.4, 0.5) is 0 Å². The van der Waals surface area contributed by atoms with Crippen LogP contribution in [0.5, 0.6) is 5.88 Å². The van der Waals surface area contributed by atoms with E-state index in [0.29, 0.717) is 30.8 Å². The molecule has 0 unspecified atom stereocenters. The van der Waals surface area contributed by atoms with Crippen molar-refractivity contribution >= 4 is 29.9 Å². The molecule has 0 saturated carbocycles. The first kappa shape index (κ1) is 20.2. The van der Waals surface area contributed by atoms with E-state index in [4.69, 9.17) is 9.26 Å². The Kier molecular flexibility index (Phi) is 8.51. The molecule has 132 valence electrons. The standard InChI is InChI=1S/C16H23N5O2.HI/c1-11(2)14-8-13(23-21-14)10-20-16(17-3)19-9-12-6-5-7-18-15(12)22-4;/h5-8,11H,9-10H2,1-4H3,(H2,17,19,20);1H. The smallest absolute Gasteiger partial charge is 0.218 e. The van der Waals surface area contributed by atoms with E-state index in [1.54, 1.807) is 20.4 Å². The predicted octanol–water partition coefficient (Wildman–Crippen LogP) is 2.68. The van der Waals surface area contributed by atoms with Crippen LogP contribution in [-0.2, 0) is 13.1 Å². The minimum absolute atomic E-state index is 0. The Hall–Kier alpha value is -1.84. The van der Waals surface area contributed by atoms with E-state index in [1.165, 1.54) is 0 Å². The van der Waals surface area contributed by atoms with Gasteiger partial charge in [0, 0.05) is 31.4 Å². The first-order valence-corrected chi connectivity index (χ1v) is 7.52. The van der Waals surface area contributed by atoms with E-state index in [1.807, 2.05) is 18.2 Å². The van der Waals surface area contributed by atoms with Gasteiger partial charge in [-0.05, 0) is 12.0 Å². The molecule has 0 amide bonds. The molecule has 0 fully saturated rings. The summed E-state index contributed by atoms with van der Waals surface area (Å²) in [7, 11) is 3.32. The maximum absolute atomic E-state index is 5.29. The minimum atomic E-state index is 0. The molecule has 0 atom stereocenters. The number of guanidine groups is 1. The van der Waals surface area contributed by atoms with Crippen LogP contribution in [-0.4, -0.2) is 30.3 Å². The lowest BCUT2D eigenvalue weighted by atomic mass is 10.1. The Morgan fingerprint density at radius 2 is 2.08 bits per heavy atom. The van der Waals surface area contributed by atoms with Crippen molar-refractivity contribution < 1.29 is 9.26 Å². The summed E-state index contributed by atoms with van der Waals surface area (Å²) < 4.78 is 10.5. The highest BCUT2D eigenvalue weighted by Gasteiger charge is 2.09. The van der Waals surface area contributed by atoms with Gasteiger partial charge in [-0.25, -0.2) is 4.98 Å². The quantitative estimate of drug-likeness (QED) is 0.404. The molecule has 0 aliphatic heterocycles. The third-order valence-corrected chi connectivity index (χ3v) is 3.31. The fraction of sp³-hybridized carbons (Fsp3) is 0.438. The second kappa shape index (κ2) is 10.1. The summed E-state index contributed by atoms with van der Waals surface area (Å²) in [6.45, 7) is 5.24. The van der Waals surface area contributed by atoms with Crippen LogP contribution in [0.2, 0.25) is 0 Å². The summed E-state index contributed by atoms with van der Waals surface area (Å²) >= 11 is 0. The fourth-order valence-corrected chi connectivity index (χ4v) is 2.00. The molecule has 2 aromatic rings. The Bertz CT molecular complexity index is 657. The molecule has 7 nitrogen and oxygen atoms in total. The van der Waals surface area contributed by atoms with E-state index < -0.39 is 0 Å². The number of nitrogens with zero attached hydrogens (tertiary/aromatic N) is 3. The number of hydrogen-bond donors (Lipinski definition) is 2. The summed E-state index contributed by atoms with van der Waals surface area (Å²) in [6, 6.07) is 5.78. The molecular formula is C16H24IN5O2. The molecule has 2 aromatic heterocycles. The van der Waals surface area contributed by atoms with Gasteiger partial charge in [-0.1, -0.05) is 25.1 Å². The highest BCUT2D eigenvalue weighted by molar-refractivity contribution is 14.0. The normalized spacial score (nSPS) is 11.1. The molecule has 0 aromatic carbocycles. The monoisotopic (exact) mass is 445 g/mol. The van der Waals surface area contributed by atoms with Gasteiger partial charge in [-0.2, -0.15) is 0 Å². The van der Waals surface area contributed by atoms with E-state index in [9.17, 15) is 0 Å². The number of aromatic nitrogens is 2. The van der Waals surface area contributed by atoms with Crippen LogP contribution in [0.1, 0.15) is 36.8 Å². The van der Waals surface area contributed by atoms with Gasteiger partial charge in [0.2, 0.25) is 5.88 Å². The van der Waals surface area contributed by atoms with Gasteiger partial charge < -0.3 is 19.9 Å². The zero-order valence-electron chi connectivity index (χ0n) is 14.4. The van der Waals surface area contributed by atoms with Crippen molar-refractivity contribution in [2.75, 3.05) is 14.2 Å². The number of pyridine rings is 1. The number of nitrogens with one attached hydrogen (secondary N) is 2. The van der Waals surface area contributed by atoms with E-state index in [0.717, 1.165) is 17.0 Å². The molecule has 2 heterocycles. The topological polar surface area (TPSA) is 84.6 Å². The van der Waals surface area contributed by atoms with Crippen LogP contribution >= 0.6 is 24.0 Å². The van der Waals surface area contributed by atoms with Crippen LogP contribution < -0.4 is 15.4 Å². The molecule has 0 bridgehead atoms. The number of rotatable bonds is 6. The van der Waals surface area contributed by atoms with Crippen molar-refractivity contribution in [1.82, 2.24) is 20.8 Å². The molecule has 0 aliphatic carbocycles. The Morgan fingerprint density at radius 1 is 1.33 bits per heavy atom. The van der Waals surface area contributed by atoms with Crippen molar-refractivity contribution in [1.29, 1.82) is 0 Å². The van der Waals surface area contributed by atoms with Crippen molar-refractivity contribution in [2.45, 2.75) is 32.9 Å². The SMILES string of the molecule is CN=C(NCc1cc(C(C)C)no1)NCc1cccnc1OC.I. The first-order chi connectivity index (χ1) is 11.1. The van der Waals surface area contributed by atoms with Crippen molar-refractivity contribution in [3.05, 3.63) is 41.4 Å². The lowest BCUT2D eigenvalue weighted by molar-refractivity contribution is 0.372. The lowest BCUT2D eigenvalue weighted by Crippen LogP contribution is -2.36. The number of halogens is 1. The van der Waals surface area contributed by atoms with Gasteiger partial charge in [0.25, 0.3) is 0 Å². The summed E-state index contributed by atoms with van der Waals surface area (Å²) in [4.78, 5) is 8.35. The van der Waals surface area contributed by atoms with Gasteiger partial charge in [0.15, 0.2) is 11.7 Å². The average molecular weight is 445 g/mol. The molecule has 8 heteroatoms. The maximum atomic E-state index is 5.29. The van der Waals surface area contributed by atoms with Crippen LogP contribution in [0.25, 0.3) is 0 Å². The Morgan fingerprint density at radius 3 is 2.71 bits per heavy atom. The van der Waals surface area contributed by atoms with Crippen molar-refractivity contribution in [2.24, 2.45) is 4.99 Å². The number of methoxy groups -OCH3 is 1. The third kappa shape index (κ3) is 5.66. The van der Waals surface area contributed by atoms with Gasteiger partial charge in [0.05, 0.1) is 19.3 Å². The van der Waals surface area contributed by atoms with E-state index in [-0.39, 0.29) is 24.0 Å². The highest BCUT2D eigenvalue weighted by atomic mass is 127. The maximum Gasteiger partial charge on any atom is 0.218 e. The summed E-state index contributed by atoms with van der Waals surface area (Å²) in [5.74, 6) is 2.39. The Balaban J connectivity index is 0.00000288. The van der Waals surface area contributed by atoms with Crippen molar-refractivity contribution in [3.8, 4) is 5.88 Å². The number of ether oxygens (including phenoxy) is 1. The zero-order valence-corrected chi connectivity index (χ0v) is 16.7. The largest absolute Gasteiger partial charge is 0.481 e. The Labute approximate surface area is 159 Å². The summed E-state index contributed by atoms with van der Waals surface area (Å²) in [6.07, 6.45) is 1.70. The third-order valence-electron chi connectivity index (χ3n) is 3.31. The summed E-state index contributed by atoms with van der Waals surface area (Å²) in [5.41, 5.74) is 1.91. The lowest BCUT2D eigenvalue weighted by Gasteiger charge is -2.12. The molecule has 2 N–H and O–H groups in total. The minimum Gasteiger partial charge on any atom is -0.481 e. The molecule has 0 aliphatic rings. The van der Waals surface area contributed by atoms with Gasteiger partial charge in [-0.15, -0.1) is 24.0 Å². The number of hydrogen-bond acceptors (Lipinski definition) is 5. The molecule has 0 spiro atoms. The first-order valence-electron chi connectivity index (χ1n) is 7.52. The summed E-state index contributed by atoms with van der Waals surface area (Å²) in [5, 5.41) is 10.4. The molecular weight excluding hydrogens is 421 g/mol. The van der Waals surface area contributed by atoms with Crippen LogP contribution in [0.3, 0.4) is 0 Å².